The number of aliphatic hydroxyl groups is 1. The van der Waals surface area contributed by atoms with Crippen LogP contribution in [0.15, 0.2) is 6.20 Å². The third-order valence-corrected chi connectivity index (χ3v) is 3.09. The van der Waals surface area contributed by atoms with Gasteiger partial charge in [-0.15, -0.1) is 11.3 Å². The van der Waals surface area contributed by atoms with Crippen LogP contribution in [0.2, 0.25) is 0 Å². The number of carbonyl (C=O) groups excluding carboxylic acids is 1. The van der Waals surface area contributed by atoms with E-state index in [1.165, 1.54) is 11.3 Å². The summed E-state index contributed by atoms with van der Waals surface area (Å²) in [5.74, 6) is 0. The van der Waals surface area contributed by atoms with Crippen molar-refractivity contribution in [2.45, 2.75) is 39.2 Å². The molecule has 0 aromatic carbocycles. The number of thiazole rings is 1. The van der Waals surface area contributed by atoms with Crippen LogP contribution in [-0.4, -0.2) is 28.3 Å². The van der Waals surface area contributed by atoms with Gasteiger partial charge in [0.15, 0.2) is 5.13 Å². The minimum Gasteiger partial charge on any atom is -0.394 e. The molecule has 96 valence electrons. The summed E-state index contributed by atoms with van der Waals surface area (Å²) < 4.78 is 0. The van der Waals surface area contributed by atoms with Gasteiger partial charge in [-0.05, 0) is 20.3 Å². The van der Waals surface area contributed by atoms with E-state index in [4.69, 9.17) is 5.11 Å². The summed E-state index contributed by atoms with van der Waals surface area (Å²) in [6.07, 6.45) is 3.81. The van der Waals surface area contributed by atoms with Gasteiger partial charge in [0.2, 0.25) is 0 Å². The van der Waals surface area contributed by atoms with Gasteiger partial charge in [-0.3, -0.25) is 5.32 Å². The van der Waals surface area contributed by atoms with E-state index in [1.54, 1.807) is 20.0 Å². The summed E-state index contributed by atoms with van der Waals surface area (Å²) in [6.45, 7) is 5.48. The molecule has 3 N–H and O–H groups in total. The number of carbonyl (C=O) groups is 1. The van der Waals surface area contributed by atoms with Gasteiger partial charge in [0.25, 0.3) is 0 Å². The van der Waals surface area contributed by atoms with Crippen molar-refractivity contribution in [1.29, 1.82) is 0 Å². The Morgan fingerprint density at radius 3 is 2.88 bits per heavy atom. The Kier molecular flexibility index (Phi) is 4.89. The highest BCUT2D eigenvalue weighted by molar-refractivity contribution is 7.15. The number of aliphatic hydroxyl groups excluding tert-OH is 1. The van der Waals surface area contributed by atoms with Crippen molar-refractivity contribution in [2.24, 2.45) is 0 Å². The van der Waals surface area contributed by atoms with E-state index in [-0.39, 0.29) is 12.6 Å². The lowest BCUT2D eigenvalue weighted by Gasteiger charge is -2.23. The van der Waals surface area contributed by atoms with Gasteiger partial charge in [0.1, 0.15) is 0 Å². The maximum Gasteiger partial charge on any atom is 0.321 e. The smallest absolute Gasteiger partial charge is 0.321 e. The average molecular weight is 257 g/mol. The normalized spacial score (nSPS) is 11.3. The third kappa shape index (κ3) is 4.70. The number of hydrogen-bond acceptors (Lipinski definition) is 4. The van der Waals surface area contributed by atoms with Gasteiger partial charge in [-0.25, -0.2) is 9.78 Å². The maximum atomic E-state index is 11.6. The summed E-state index contributed by atoms with van der Waals surface area (Å²) in [4.78, 5) is 16.9. The zero-order chi connectivity index (χ0) is 12.9. The van der Waals surface area contributed by atoms with E-state index in [0.29, 0.717) is 5.13 Å². The quantitative estimate of drug-likeness (QED) is 0.755. The second kappa shape index (κ2) is 5.97. The van der Waals surface area contributed by atoms with Crippen LogP contribution in [0.1, 0.15) is 32.1 Å². The fourth-order valence-corrected chi connectivity index (χ4v) is 2.11. The fourth-order valence-electron chi connectivity index (χ4n) is 1.20. The van der Waals surface area contributed by atoms with E-state index in [0.717, 1.165) is 17.7 Å². The van der Waals surface area contributed by atoms with Gasteiger partial charge in [-0.1, -0.05) is 13.3 Å². The van der Waals surface area contributed by atoms with Crippen LogP contribution in [0.5, 0.6) is 0 Å². The van der Waals surface area contributed by atoms with E-state index in [1.807, 2.05) is 0 Å². The Morgan fingerprint density at radius 1 is 1.59 bits per heavy atom. The molecule has 0 aliphatic rings. The number of aromatic nitrogens is 1. The molecule has 5 nitrogen and oxygen atoms in total. The van der Waals surface area contributed by atoms with Crippen molar-refractivity contribution >= 4 is 22.5 Å². The van der Waals surface area contributed by atoms with Crippen molar-refractivity contribution < 1.29 is 9.90 Å². The van der Waals surface area contributed by atoms with Gasteiger partial charge >= 0.3 is 6.03 Å². The molecule has 0 spiro atoms. The number of nitrogens with zero attached hydrogens (tertiary/aromatic N) is 1. The molecule has 0 bridgehead atoms. The Bertz CT molecular complexity index is 377. The lowest BCUT2D eigenvalue weighted by Crippen LogP contribution is -2.48. The molecule has 6 heteroatoms. The third-order valence-electron chi connectivity index (χ3n) is 2.12. The first-order valence-corrected chi connectivity index (χ1v) is 6.43. The first kappa shape index (κ1) is 13.9. The molecule has 1 aromatic rings. The molecular weight excluding hydrogens is 238 g/mol. The highest BCUT2D eigenvalue weighted by Crippen LogP contribution is 2.19. The lowest BCUT2D eigenvalue weighted by molar-refractivity contribution is 0.187. The van der Waals surface area contributed by atoms with Gasteiger partial charge in [0.05, 0.1) is 12.1 Å². The molecule has 1 rings (SSSR count). The highest BCUT2D eigenvalue weighted by atomic mass is 32.1. The highest BCUT2D eigenvalue weighted by Gasteiger charge is 2.19. The van der Waals surface area contributed by atoms with E-state index in [2.05, 4.69) is 22.5 Å². The van der Waals surface area contributed by atoms with E-state index >= 15 is 0 Å². The van der Waals surface area contributed by atoms with Crippen molar-refractivity contribution in [1.82, 2.24) is 10.3 Å². The second-order valence-electron chi connectivity index (χ2n) is 4.50. The van der Waals surface area contributed by atoms with E-state index < -0.39 is 5.54 Å². The molecular formula is C11H19N3O2S. The van der Waals surface area contributed by atoms with E-state index in [9.17, 15) is 4.79 Å². The number of rotatable bonds is 5. The molecule has 0 unspecified atom stereocenters. The summed E-state index contributed by atoms with van der Waals surface area (Å²) in [5, 5.41) is 14.9. The summed E-state index contributed by atoms with van der Waals surface area (Å²) in [5.41, 5.74) is -0.631. The largest absolute Gasteiger partial charge is 0.394 e. The summed E-state index contributed by atoms with van der Waals surface area (Å²) in [7, 11) is 0. The SMILES string of the molecule is CCCc1cnc(NC(=O)NC(C)(C)CO)s1. The summed E-state index contributed by atoms with van der Waals surface area (Å²) in [6, 6.07) is -0.346. The first-order chi connectivity index (χ1) is 7.96. The van der Waals surface area contributed by atoms with Crippen LogP contribution in [0.4, 0.5) is 9.93 Å². The molecule has 0 aliphatic carbocycles. The van der Waals surface area contributed by atoms with Crippen LogP contribution >= 0.6 is 11.3 Å². The minimum atomic E-state index is -0.631. The van der Waals surface area contributed by atoms with Crippen molar-refractivity contribution in [3.63, 3.8) is 0 Å². The number of hydrogen-bond donors (Lipinski definition) is 3. The number of nitrogens with one attached hydrogen (secondary N) is 2. The predicted molar refractivity (Wildman–Crippen MR) is 69.4 cm³/mol. The van der Waals surface area contributed by atoms with Gasteiger partial charge in [-0.2, -0.15) is 0 Å². The molecule has 1 aromatic heterocycles. The number of anilines is 1. The minimum absolute atomic E-state index is 0.112. The molecule has 0 radical (unpaired) electrons. The maximum absolute atomic E-state index is 11.6. The van der Waals surface area contributed by atoms with Crippen LogP contribution < -0.4 is 10.6 Å². The fraction of sp³-hybridized carbons (Fsp3) is 0.636. The molecule has 0 atom stereocenters. The lowest BCUT2D eigenvalue weighted by atomic mass is 10.1. The standard InChI is InChI=1S/C11H19N3O2S/c1-4-5-8-6-12-10(17-8)13-9(16)14-11(2,3)7-15/h6,15H,4-5,7H2,1-3H3,(H2,12,13,14,16). The Labute approximate surface area is 105 Å². The topological polar surface area (TPSA) is 74.2 Å². The second-order valence-corrected chi connectivity index (χ2v) is 5.62. The van der Waals surface area contributed by atoms with Crippen molar-refractivity contribution in [2.75, 3.05) is 11.9 Å². The molecule has 17 heavy (non-hydrogen) atoms. The van der Waals surface area contributed by atoms with Crippen molar-refractivity contribution in [3.8, 4) is 0 Å². The van der Waals surface area contributed by atoms with Crippen LogP contribution in [0.3, 0.4) is 0 Å². The number of amides is 2. The molecule has 0 saturated heterocycles. The molecule has 1 heterocycles. The Morgan fingerprint density at radius 2 is 2.29 bits per heavy atom. The van der Waals surface area contributed by atoms with Gasteiger partial charge in [0, 0.05) is 11.1 Å². The number of aryl methyl sites for hydroxylation is 1. The molecule has 0 fully saturated rings. The van der Waals surface area contributed by atoms with Gasteiger partial charge < -0.3 is 10.4 Å². The van der Waals surface area contributed by atoms with Crippen molar-refractivity contribution in [3.05, 3.63) is 11.1 Å². The first-order valence-electron chi connectivity index (χ1n) is 5.61. The molecule has 0 saturated carbocycles. The van der Waals surface area contributed by atoms with Crippen LogP contribution in [-0.2, 0) is 6.42 Å². The molecule has 2 amide bonds. The Balaban J connectivity index is 2.50. The summed E-state index contributed by atoms with van der Waals surface area (Å²) >= 11 is 1.47. The van der Waals surface area contributed by atoms with Crippen LogP contribution in [0, 0.1) is 0 Å². The monoisotopic (exact) mass is 257 g/mol. The predicted octanol–water partition coefficient (Wildman–Crippen LogP) is 1.99. The average Bonchev–Trinajstić information content (AvgIpc) is 2.65. The van der Waals surface area contributed by atoms with Crippen LogP contribution in [0.25, 0.3) is 0 Å². The zero-order valence-electron chi connectivity index (χ0n) is 10.4. The Hall–Kier alpha value is -1.14. The molecule has 0 aliphatic heterocycles. The zero-order valence-corrected chi connectivity index (χ0v) is 11.2. The number of urea groups is 1.